The molecule has 5 nitrogen and oxygen atoms in total. The third-order valence-corrected chi connectivity index (χ3v) is 4.12. The molecule has 5 heteroatoms. The highest BCUT2D eigenvalue weighted by atomic mass is 16.5. The maximum absolute atomic E-state index is 12.2. The molecule has 0 aromatic carbocycles. The van der Waals surface area contributed by atoms with E-state index in [0.29, 0.717) is 19.4 Å². The van der Waals surface area contributed by atoms with Crippen LogP contribution in [0.25, 0.3) is 0 Å². The number of hydrogen-bond donors (Lipinski definition) is 2. The lowest BCUT2D eigenvalue weighted by molar-refractivity contribution is -0.137. The van der Waals surface area contributed by atoms with E-state index >= 15 is 0 Å². The summed E-state index contributed by atoms with van der Waals surface area (Å²) in [6.07, 6.45) is 4.36. The molecule has 0 aromatic rings. The lowest BCUT2D eigenvalue weighted by Gasteiger charge is -2.19. The largest absolute Gasteiger partial charge is 0.376 e. The SMILES string of the molecule is CCC(C)NC(=O)C1(C(=O)NCC2CCCO2)CC1. The zero-order chi connectivity index (χ0) is 13.9. The van der Waals surface area contributed by atoms with Crippen LogP contribution < -0.4 is 10.6 Å². The van der Waals surface area contributed by atoms with Crippen molar-refractivity contribution in [3.05, 3.63) is 0 Å². The van der Waals surface area contributed by atoms with Crippen LogP contribution in [0, 0.1) is 5.41 Å². The van der Waals surface area contributed by atoms with Crippen molar-refractivity contribution in [2.75, 3.05) is 13.2 Å². The first-order chi connectivity index (χ1) is 9.08. The zero-order valence-corrected chi connectivity index (χ0v) is 11.8. The molecular weight excluding hydrogens is 244 g/mol. The van der Waals surface area contributed by atoms with Crippen LogP contribution in [0.5, 0.6) is 0 Å². The minimum atomic E-state index is -0.804. The van der Waals surface area contributed by atoms with Crippen LogP contribution in [0.2, 0.25) is 0 Å². The Bertz CT molecular complexity index is 347. The van der Waals surface area contributed by atoms with Crippen LogP contribution in [0.4, 0.5) is 0 Å². The second-order valence-electron chi connectivity index (χ2n) is 5.71. The molecule has 2 unspecified atom stereocenters. The number of nitrogens with one attached hydrogen (secondary N) is 2. The van der Waals surface area contributed by atoms with Crippen LogP contribution in [0.15, 0.2) is 0 Å². The molecule has 0 aromatic heterocycles. The molecule has 1 saturated heterocycles. The fourth-order valence-electron chi connectivity index (χ4n) is 2.33. The molecule has 1 aliphatic carbocycles. The molecule has 1 saturated carbocycles. The lowest BCUT2D eigenvalue weighted by atomic mass is 10.0. The molecule has 2 rings (SSSR count). The van der Waals surface area contributed by atoms with Crippen molar-refractivity contribution in [3.8, 4) is 0 Å². The van der Waals surface area contributed by atoms with Gasteiger partial charge in [-0.05, 0) is 39.0 Å². The number of carbonyl (C=O) groups excluding carboxylic acids is 2. The topological polar surface area (TPSA) is 67.4 Å². The van der Waals surface area contributed by atoms with Gasteiger partial charge in [-0.15, -0.1) is 0 Å². The zero-order valence-electron chi connectivity index (χ0n) is 11.8. The summed E-state index contributed by atoms with van der Waals surface area (Å²) in [5, 5.41) is 5.78. The van der Waals surface area contributed by atoms with E-state index in [1.165, 1.54) is 0 Å². The van der Waals surface area contributed by atoms with Crippen LogP contribution in [-0.2, 0) is 14.3 Å². The van der Waals surface area contributed by atoms with E-state index in [-0.39, 0.29) is 24.0 Å². The first-order valence-electron chi connectivity index (χ1n) is 7.29. The fourth-order valence-corrected chi connectivity index (χ4v) is 2.33. The van der Waals surface area contributed by atoms with Gasteiger partial charge in [0.15, 0.2) is 0 Å². The number of rotatable bonds is 6. The first-order valence-corrected chi connectivity index (χ1v) is 7.29. The molecule has 0 spiro atoms. The van der Waals surface area contributed by atoms with Gasteiger partial charge < -0.3 is 15.4 Å². The minimum Gasteiger partial charge on any atom is -0.376 e. The molecule has 2 fully saturated rings. The summed E-state index contributed by atoms with van der Waals surface area (Å²) >= 11 is 0. The predicted molar refractivity (Wildman–Crippen MR) is 71.5 cm³/mol. The Morgan fingerprint density at radius 3 is 2.63 bits per heavy atom. The Hall–Kier alpha value is -1.10. The molecule has 0 bridgehead atoms. The summed E-state index contributed by atoms with van der Waals surface area (Å²) < 4.78 is 5.46. The summed E-state index contributed by atoms with van der Waals surface area (Å²) in [6.45, 7) is 5.28. The van der Waals surface area contributed by atoms with Gasteiger partial charge in [0, 0.05) is 19.2 Å². The number of hydrogen-bond acceptors (Lipinski definition) is 3. The Balaban J connectivity index is 1.81. The summed E-state index contributed by atoms with van der Waals surface area (Å²) in [5.74, 6) is -0.254. The van der Waals surface area contributed by atoms with E-state index < -0.39 is 5.41 Å². The predicted octanol–water partition coefficient (Wildman–Crippen LogP) is 0.976. The van der Waals surface area contributed by atoms with Crippen molar-refractivity contribution < 1.29 is 14.3 Å². The Morgan fingerprint density at radius 1 is 1.37 bits per heavy atom. The molecule has 1 heterocycles. The van der Waals surface area contributed by atoms with E-state index in [2.05, 4.69) is 10.6 Å². The molecule has 1 aliphatic heterocycles. The van der Waals surface area contributed by atoms with E-state index in [1.807, 2.05) is 13.8 Å². The Morgan fingerprint density at radius 2 is 2.11 bits per heavy atom. The average molecular weight is 268 g/mol. The van der Waals surface area contributed by atoms with Gasteiger partial charge in [0.25, 0.3) is 0 Å². The minimum absolute atomic E-state index is 0.119. The summed E-state index contributed by atoms with van der Waals surface area (Å²) in [4.78, 5) is 24.3. The van der Waals surface area contributed by atoms with Crippen molar-refractivity contribution in [2.45, 2.75) is 58.1 Å². The summed E-state index contributed by atoms with van der Waals surface area (Å²) in [5.41, 5.74) is -0.804. The van der Waals surface area contributed by atoms with E-state index in [4.69, 9.17) is 4.74 Å². The maximum atomic E-state index is 12.2. The number of amides is 2. The molecule has 2 amide bonds. The van der Waals surface area contributed by atoms with E-state index in [1.54, 1.807) is 0 Å². The van der Waals surface area contributed by atoms with Crippen molar-refractivity contribution in [3.63, 3.8) is 0 Å². The highest BCUT2D eigenvalue weighted by Crippen LogP contribution is 2.46. The van der Waals surface area contributed by atoms with Crippen molar-refractivity contribution in [2.24, 2.45) is 5.41 Å². The van der Waals surface area contributed by atoms with Gasteiger partial charge in [0.1, 0.15) is 5.41 Å². The first kappa shape index (κ1) is 14.3. The smallest absolute Gasteiger partial charge is 0.235 e. The normalized spacial score (nSPS) is 25.7. The number of ether oxygens (including phenoxy) is 1. The molecule has 2 N–H and O–H groups in total. The third-order valence-electron chi connectivity index (χ3n) is 4.12. The number of carbonyl (C=O) groups is 2. The van der Waals surface area contributed by atoms with Gasteiger partial charge >= 0.3 is 0 Å². The molecular formula is C14H24N2O3. The Labute approximate surface area is 114 Å². The molecule has 108 valence electrons. The molecule has 19 heavy (non-hydrogen) atoms. The van der Waals surface area contributed by atoms with Gasteiger partial charge in [0.05, 0.1) is 6.10 Å². The van der Waals surface area contributed by atoms with Gasteiger partial charge in [0.2, 0.25) is 11.8 Å². The lowest BCUT2D eigenvalue weighted by Crippen LogP contribution is -2.47. The van der Waals surface area contributed by atoms with Gasteiger partial charge in [-0.1, -0.05) is 6.92 Å². The van der Waals surface area contributed by atoms with Crippen molar-refractivity contribution in [1.82, 2.24) is 10.6 Å². The van der Waals surface area contributed by atoms with Crippen LogP contribution >= 0.6 is 0 Å². The average Bonchev–Trinajstić information content (AvgIpc) is 3.06. The second kappa shape index (κ2) is 5.90. The van der Waals surface area contributed by atoms with Crippen LogP contribution in [-0.4, -0.2) is 37.1 Å². The highest BCUT2D eigenvalue weighted by Gasteiger charge is 2.56. The van der Waals surface area contributed by atoms with E-state index in [9.17, 15) is 9.59 Å². The van der Waals surface area contributed by atoms with Gasteiger partial charge in [-0.2, -0.15) is 0 Å². The van der Waals surface area contributed by atoms with E-state index in [0.717, 1.165) is 25.9 Å². The van der Waals surface area contributed by atoms with Gasteiger partial charge in [-0.25, -0.2) is 0 Å². The molecule has 2 atom stereocenters. The van der Waals surface area contributed by atoms with Gasteiger partial charge in [-0.3, -0.25) is 9.59 Å². The summed E-state index contributed by atoms with van der Waals surface area (Å²) in [6, 6.07) is 0.121. The quantitative estimate of drug-likeness (QED) is 0.706. The van der Waals surface area contributed by atoms with Crippen molar-refractivity contribution in [1.29, 1.82) is 0 Å². The van der Waals surface area contributed by atoms with Crippen LogP contribution in [0.3, 0.4) is 0 Å². The van der Waals surface area contributed by atoms with Crippen LogP contribution in [0.1, 0.15) is 46.0 Å². The molecule has 0 radical (unpaired) electrons. The summed E-state index contributed by atoms with van der Waals surface area (Å²) in [7, 11) is 0. The Kier molecular flexibility index (Phi) is 4.45. The van der Waals surface area contributed by atoms with Crippen molar-refractivity contribution >= 4 is 11.8 Å². The second-order valence-corrected chi connectivity index (χ2v) is 5.71. The third kappa shape index (κ3) is 3.26. The monoisotopic (exact) mass is 268 g/mol. The molecule has 2 aliphatic rings. The highest BCUT2D eigenvalue weighted by molar-refractivity contribution is 6.07. The fraction of sp³-hybridized carbons (Fsp3) is 0.857. The maximum Gasteiger partial charge on any atom is 0.235 e. The standard InChI is InChI=1S/C14H24N2O3/c1-3-10(2)16-13(18)14(6-7-14)12(17)15-9-11-5-4-8-19-11/h10-11H,3-9H2,1-2H3,(H,15,17)(H,16,18).